The van der Waals surface area contributed by atoms with Gasteiger partial charge in [-0.2, -0.15) is 0 Å². The van der Waals surface area contributed by atoms with Crippen LogP contribution >= 0.6 is 0 Å². The molecule has 1 aromatic heterocycles. The minimum atomic E-state index is -3.29. The summed E-state index contributed by atoms with van der Waals surface area (Å²) in [6.07, 6.45) is 3.73. The molecule has 1 atom stereocenters. The summed E-state index contributed by atoms with van der Waals surface area (Å²) in [5.41, 5.74) is 0.517. The van der Waals surface area contributed by atoms with Gasteiger partial charge in [-0.1, -0.05) is 0 Å². The molecule has 0 fully saturated rings. The Labute approximate surface area is 101 Å². The van der Waals surface area contributed by atoms with Gasteiger partial charge in [0, 0.05) is 12.5 Å². The molecule has 6 heteroatoms. The van der Waals surface area contributed by atoms with Gasteiger partial charge >= 0.3 is 0 Å². The van der Waals surface area contributed by atoms with Gasteiger partial charge in [0.25, 0.3) is 0 Å². The quantitative estimate of drug-likeness (QED) is 0.886. The van der Waals surface area contributed by atoms with Crippen LogP contribution in [-0.4, -0.2) is 31.5 Å². The molecule has 1 rings (SSSR count). The summed E-state index contributed by atoms with van der Waals surface area (Å²) >= 11 is 0. The molecule has 17 heavy (non-hydrogen) atoms. The van der Waals surface area contributed by atoms with Crippen molar-refractivity contribution in [3.8, 4) is 0 Å². The molecule has 0 saturated heterocycles. The number of hydrogen-bond acceptors (Lipinski definition) is 4. The summed E-state index contributed by atoms with van der Waals surface area (Å²) in [5.74, 6) is -0.480. The van der Waals surface area contributed by atoms with Crippen LogP contribution in [0, 0.1) is 5.82 Å². The first-order chi connectivity index (χ1) is 7.70. The Bertz CT molecular complexity index is 500. The lowest BCUT2D eigenvalue weighted by molar-refractivity contribution is 0.443. The van der Waals surface area contributed by atoms with Gasteiger partial charge in [-0.3, -0.25) is 4.98 Å². The highest BCUT2D eigenvalue weighted by molar-refractivity contribution is 7.92. The van der Waals surface area contributed by atoms with Gasteiger partial charge in [-0.15, -0.1) is 0 Å². The highest BCUT2D eigenvalue weighted by Gasteiger charge is 2.39. The van der Waals surface area contributed by atoms with Crippen LogP contribution in [0.1, 0.15) is 25.5 Å². The molecule has 4 nitrogen and oxygen atoms in total. The maximum atomic E-state index is 13.1. The summed E-state index contributed by atoms with van der Waals surface area (Å²) < 4.78 is 35.6. The molecule has 0 spiro atoms. The topological polar surface area (TPSA) is 59.1 Å². The molecular weight excluding hydrogens is 243 g/mol. The fraction of sp³-hybridized carbons (Fsp3) is 0.545. The Hall–Kier alpha value is -1.01. The molecular formula is C11H17FN2O2S. The fourth-order valence-electron chi connectivity index (χ4n) is 1.72. The van der Waals surface area contributed by atoms with E-state index >= 15 is 0 Å². The van der Waals surface area contributed by atoms with Crippen LogP contribution in [0.2, 0.25) is 0 Å². The molecule has 0 saturated carbocycles. The largest absolute Gasteiger partial charge is 0.312 e. The number of rotatable bonds is 4. The summed E-state index contributed by atoms with van der Waals surface area (Å²) in [6.45, 7) is 3.21. The lowest BCUT2D eigenvalue weighted by Crippen LogP contribution is -2.43. The second-order valence-electron chi connectivity index (χ2n) is 4.53. The van der Waals surface area contributed by atoms with Crippen LogP contribution in [0.4, 0.5) is 4.39 Å². The lowest BCUT2D eigenvalue weighted by Gasteiger charge is -2.32. The number of aromatic nitrogens is 1. The van der Waals surface area contributed by atoms with Crippen molar-refractivity contribution >= 4 is 9.84 Å². The number of nitrogens with one attached hydrogen (secondary N) is 1. The molecule has 0 aliphatic carbocycles. The second-order valence-corrected chi connectivity index (χ2v) is 7.13. The van der Waals surface area contributed by atoms with Crippen LogP contribution in [0.3, 0.4) is 0 Å². The zero-order valence-corrected chi connectivity index (χ0v) is 11.2. The highest BCUT2D eigenvalue weighted by Crippen LogP contribution is 2.31. The fourth-order valence-corrected chi connectivity index (χ4v) is 2.40. The zero-order valence-electron chi connectivity index (χ0n) is 10.4. The van der Waals surface area contributed by atoms with Gasteiger partial charge in [0.05, 0.1) is 17.0 Å². The Balaban J connectivity index is 3.26. The molecule has 1 heterocycles. The Kier molecular flexibility index (Phi) is 3.88. The van der Waals surface area contributed by atoms with E-state index in [-0.39, 0.29) is 0 Å². The van der Waals surface area contributed by atoms with Gasteiger partial charge in [0.2, 0.25) is 0 Å². The summed E-state index contributed by atoms with van der Waals surface area (Å²) in [4.78, 5) is 3.74. The first-order valence-electron chi connectivity index (χ1n) is 5.17. The van der Waals surface area contributed by atoms with Crippen LogP contribution in [0.5, 0.6) is 0 Å². The number of nitrogens with zero attached hydrogens (tertiary/aromatic N) is 1. The molecule has 0 radical (unpaired) electrons. The molecule has 1 aromatic rings. The number of hydrogen-bond donors (Lipinski definition) is 1. The zero-order chi connectivity index (χ0) is 13.3. The smallest absolute Gasteiger partial charge is 0.154 e. The van der Waals surface area contributed by atoms with Gasteiger partial charge in [-0.25, -0.2) is 12.8 Å². The average molecular weight is 260 g/mol. The summed E-state index contributed by atoms with van der Waals surface area (Å²) in [7, 11) is -1.65. The summed E-state index contributed by atoms with van der Waals surface area (Å²) in [5, 5.41) is 2.91. The average Bonchev–Trinajstić information content (AvgIpc) is 2.16. The molecule has 0 aliphatic rings. The van der Waals surface area contributed by atoms with Crippen molar-refractivity contribution in [2.24, 2.45) is 0 Å². The lowest BCUT2D eigenvalue weighted by atomic mass is 9.96. The van der Waals surface area contributed by atoms with E-state index < -0.39 is 26.4 Å². The third-order valence-corrected chi connectivity index (χ3v) is 5.15. The van der Waals surface area contributed by atoms with Crippen molar-refractivity contribution in [1.82, 2.24) is 10.3 Å². The Morgan fingerprint density at radius 2 is 2.00 bits per heavy atom. The van der Waals surface area contributed by atoms with E-state index in [1.54, 1.807) is 20.9 Å². The van der Waals surface area contributed by atoms with Crippen LogP contribution in [0.25, 0.3) is 0 Å². The minimum Gasteiger partial charge on any atom is -0.312 e. The maximum absolute atomic E-state index is 13.1. The standard InChI is InChI=1S/C11H17FN2O2S/c1-11(2,17(4,15)16)10(13-3)8-5-9(12)7-14-6-8/h5-7,10,13H,1-4H3. The predicted molar refractivity (Wildman–Crippen MR) is 64.9 cm³/mol. The molecule has 96 valence electrons. The van der Waals surface area contributed by atoms with E-state index in [2.05, 4.69) is 10.3 Å². The normalized spacial score (nSPS) is 14.6. The van der Waals surface area contributed by atoms with Crippen LogP contribution < -0.4 is 5.32 Å². The van der Waals surface area contributed by atoms with Crippen molar-refractivity contribution in [1.29, 1.82) is 0 Å². The number of sulfone groups is 1. The second kappa shape index (κ2) is 4.70. The molecule has 1 N–H and O–H groups in total. The van der Waals surface area contributed by atoms with Crippen molar-refractivity contribution in [3.05, 3.63) is 29.8 Å². The SMILES string of the molecule is CNC(c1cncc(F)c1)C(C)(C)S(C)(=O)=O. The van der Waals surface area contributed by atoms with Crippen molar-refractivity contribution < 1.29 is 12.8 Å². The van der Waals surface area contributed by atoms with Gasteiger partial charge in [0.1, 0.15) is 5.82 Å². The van der Waals surface area contributed by atoms with E-state index in [9.17, 15) is 12.8 Å². The van der Waals surface area contributed by atoms with Crippen molar-refractivity contribution in [2.75, 3.05) is 13.3 Å². The third kappa shape index (κ3) is 2.81. The molecule has 0 amide bonds. The highest BCUT2D eigenvalue weighted by atomic mass is 32.2. The predicted octanol–water partition coefficient (Wildman–Crippen LogP) is 1.30. The third-order valence-electron chi connectivity index (χ3n) is 3.00. The molecule has 0 aliphatic heterocycles. The Morgan fingerprint density at radius 1 is 1.41 bits per heavy atom. The first kappa shape index (κ1) is 14.1. The summed E-state index contributed by atoms with van der Waals surface area (Å²) in [6, 6.07) is 0.780. The maximum Gasteiger partial charge on any atom is 0.154 e. The van der Waals surface area contributed by atoms with Crippen molar-refractivity contribution in [2.45, 2.75) is 24.6 Å². The van der Waals surface area contributed by atoms with Gasteiger partial charge < -0.3 is 5.32 Å². The number of halogens is 1. The van der Waals surface area contributed by atoms with E-state index in [4.69, 9.17) is 0 Å². The van der Waals surface area contributed by atoms with E-state index in [1.807, 2.05) is 0 Å². The first-order valence-corrected chi connectivity index (χ1v) is 7.06. The van der Waals surface area contributed by atoms with Gasteiger partial charge in [0.15, 0.2) is 9.84 Å². The number of pyridine rings is 1. The minimum absolute atomic E-state index is 0.480. The van der Waals surface area contributed by atoms with Crippen molar-refractivity contribution in [3.63, 3.8) is 0 Å². The Morgan fingerprint density at radius 3 is 2.41 bits per heavy atom. The molecule has 0 bridgehead atoms. The molecule has 0 aromatic carbocycles. The van der Waals surface area contributed by atoms with E-state index in [1.165, 1.54) is 18.5 Å². The van der Waals surface area contributed by atoms with Gasteiger partial charge in [-0.05, 0) is 32.5 Å². The monoisotopic (exact) mass is 260 g/mol. The van der Waals surface area contributed by atoms with Crippen LogP contribution in [-0.2, 0) is 9.84 Å². The van der Waals surface area contributed by atoms with E-state index in [0.717, 1.165) is 6.20 Å². The molecule has 1 unspecified atom stereocenters. The van der Waals surface area contributed by atoms with Crippen LogP contribution in [0.15, 0.2) is 18.5 Å². The van der Waals surface area contributed by atoms with E-state index in [0.29, 0.717) is 5.56 Å².